The maximum atomic E-state index is 12.8. The summed E-state index contributed by atoms with van der Waals surface area (Å²) in [5.41, 5.74) is 2.91. The summed E-state index contributed by atoms with van der Waals surface area (Å²) < 4.78 is 6.92. The van der Waals surface area contributed by atoms with Crippen molar-refractivity contribution in [1.82, 2.24) is 9.88 Å². The molecule has 0 unspecified atom stereocenters. The van der Waals surface area contributed by atoms with E-state index in [1.807, 2.05) is 47.4 Å². The van der Waals surface area contributed by atoms with Crippen molar-refractivity contribution in [2.45, 2.75) is 24.9 Å². The molecule has 0 radical (unpaired) electrons. The SMILES string of the molecule is O=C(c1ccc(-c2nc3ccccc3s2)cc1)N1CCC2(CCO2)CC1. The van der Waals surface area contributed by atoms with Crippen LogP contribution in [0.1, 0.15) is 29.6 Å². The number of nitrogens with zero attached hydrogens (tertiary/aromatic N) is 2. The van der Waals surface area contributed by atoms with Gasteiger partial charge >= 0.3 is 0 Å². The van der Waals surface area contributed by atoms with Gasteiger partial charge < -0.3 is 9.64 Å². The Morgan fingerprint density at radius 3 is 2.42 bits per heavy atom. The van der Waals surface area contributed by atoms with Gasteiger partial charge in [0.1, 0.15) is 5.01 Å². The van der Waals surface area contributed by atoms with Gasteiger partial charge in [-0.3, -0.25) is 4.79 Å². The minimum absolute atomic E-state index is 0.0769. The third kappa shape index (κ3) is 2.72. The fourth-order valence-corrected chi connectivity index (χ4v) is 4.81. The van der Waals surface area contributed by atoms with Gasteiger partial charge in [0.25, 0.3) is 5.91 Å². The summed E-state index contributed by atoms with van der Waals surface area (Å²) in [5, 5.41) is 0.993. The Morgan fingerprint density at radius 1 is 1.04 bits per heavy atom. The Bertz CT molecular complexity index is 917. The summed E-state index contributed by atoms with van der Waals surface area (Å²) in [6.07, 6.45) is 3.07. The number of benzene rings is 2. The van der Waals surface area contributed by atoms with Crippen LogP contribution in [0.2, 0.25) is 0 Å². The van der Waals surface area contributed by atoms with Crippen molar-refractivity contribution in [3.63, 3.8) is 0 Å². The van der Waals surface area contributed by atoms with E-state index in [1.54, 1.807) is 11.3 Å². The number of hydrogen-bond donors (Lipinski definition) is 0. The minimum atomic E-state index is 0.0769. The van der Waals surface area contributed by atoms with Crippen LogP contribution in [-0.4, -0.2) is 41.1 Å². The molecule has 132 valence electrons. The van der Waals surface area contributed by atoms with E-state index in [9.17, 15) is 4.79 Å². The van der Waals surface area contributed by atoms with Crippen molar-refractivity contribution >= 4 is 27.5 Å². The zero-order valence-electron chi connectivity index (χ0n) is 14.5. The number of amides is 1. The molecule has 0 bridgehead atoms. The quantitative estimate of drug-likeness (QED) is 0.679. The lowest BCUT2D eigenvalue weighted by molar-refractivity contribution is -0.169. The number of likely N-dealkylation sites (tertiary alicyclic amines) is 1. The summed E-state index contributed by atoms with van der Waals surface area (Å²) in [7, 11) is 0. The molecule has 2 aromatic carbocycles. The maximum absolute atomic E-state index is 12.8. The number of carbonyl (C=O) groups excluding carboxylic acids is 1. The van der Waals surface area contributed by atoms with Crippen molar-refractivity contribution in [3.8, 4) is 10.6 Å². The lowest BCUT2D eigenvalue weighted by atomic mass is 9.84. The fourth-order valence-electron chi connectivity index (χ4n) is 3.84. The highest BCUT2D eigenvalue weighted by Gasteiger charge is 2.41. The number of rotatable bonds is 2. The number of carbonyl (C=O) groups is 1. The Kier molecular flexibility index (Phi) is 3.80. The second-order valence-electron chi connectivity index (χ2n) is 7.14. The van der Waals surface area contributed by atoms with Gasteiger partial charge in [-0.1, -0.05) is 24.3 Å². The van der Waals surface area contributed by atoms with E-state index in [2.05, 4.69) is 11.1 Å². The Morgan fingerprint density at radius 2 is 1.77 bits per heavy atom. The molecule has 5 rings (SSSR count). The Balaban J connectivity index is 1.32. The number of thiazole rings is 1. The van der Waals surface area contributed by atoms with E-state index in [-0.39, 0.29) is 11.5 Å². The van der Waals surface area contributed by atoms with Gasteiger partial charge in [0.15, 0.2) is 0 Å². The van der Waals surface area contributed by atoms with Gasteiger partial charge in [0.05, 0.1) is 22.4 Å². The molecule has 2 aliphatic rings. The molecule has 26 heavy (non-hydrogen) atoms. The van der Waals surface area contributed by atoms with Crippen LogP contribution in [0.25, 0.3) is 20.8 Å². The van der Waals surface area contributed by atoms with Gasteiger partial charge in [-0.15, -0.1) is 11.3 Å². The highest BCUT2D eigenvalue weighted by molar-refractivity contribution is 7.21. The molecule has 2 saturated heterocycles. The second kappa shape index (κ2) is 6.18. The smallest absolute Gasteiger partial charge is 0.253 e. The van der Waals surface area contributed by atoms with Gasteiger partial charge in [0, 0.05) is 24.2 Å². The first-order valence-electron chi connectivity index (χ1n) is 9.12. The second-order valence-corrected chi connectivity index (χ2v) is 8.17. The molecule has 0 saturated carbocycles. The first-order chi connectivity index (χ1) is 12.7. The molecule has 1 amide bonds. The average molecular weight is 364 g/mol. The molecule has 3 aromatic rings. The monoisotopic (exact) mass is 364 g/mol. The first kappa shape index (κ1) is 16.0. The largest absolute Gasteiger partial charge is 0.375 e. The van der Waals surface area contributed by atoms with Gasteiger partial charge in [-0.2, -0.15) is 0 Å². The topological polar surface area (TPSA) is 42.4 Å². The predicted octanol–water partition coefficient (Wildman–Crippen LogP) is 4.36. The zero-order chi connectivity index (χ0) is 17.6. The highest BCUT2D eigenvalue weighted by atomic mass is 32.1. The number of hydrogen-bond acceptors (Lipinski definition) is 4. The van der Waals surface area contributed by atoms with Crippen molar-refractivity contribution in [1.29, 1.82) is 0 Å². The molecule has 3 heterocycles. The van der Waals surface area contributed by atoms with Crippen LogP contribution < -0.4 is 0 Å². The van der Waals surface area contributed by atoms with Gasteiger partial charge in [0.2, 0.25) is 0 Å². The third-order valence-corrected chi connectivity index (χ3v) is 6.69. The van der Waals surface area contributed by atoms with Crippen LogP contribution in [-0.2, 0) is 4.74 Å². The summed E-state index contributed by atoms with van der Waals surface area (Å²) in [6.45, 7) is 2.46. The standard InChI is InChI=1S/C21H20N2O2S/c24-20(23-12-9-21(10-13-23)11-14-25-21)16-7-5-15(6-8-16)19-22-17-3-1-2-4-18(17)26-19/h1-8H,9-14H2. The highest BCUT2D eigenvalue weighted by Crippen LogP contribution is 2.37. The van der Waals surface area contributed by atoms with Crippen LogP contribution in [0.3, 0.4) is 0 Å². The summed E-state index contributed by atoms with van der Waals surface area (Å²) >= 11 is 1.68. The first-order valence-corrected chi connectivity index (χ1v) is 9.93. The van der Waals surface area contributed by atoms with Crippen molar-refractivity contribution in [2.75, 3.05) is 19.7 Å². The normalized spacial score (nSPS) is 18.8. The summed E-state index contributed by atoms with van der Waals surface area (Å²) in [5.74, 6) is 0.120. The third-order valence-electron chi connectivity index (χ3n) is 5.60. The Labute approximate surface area is 156 Å². The molecule has 0 N–H and O–H groups in total. The van der Waals surface area contributed by atoms with Crippen LogP contribution in [0, 0.1) is 0 Å². The molecule has 4 nitrogen and oxygen atoms in total. The average Bonchev–Trinajstić information content (AvgIpc) is 3.11. The molecule has 0 atom stereocenters. The number of fused-ring (bicyclic) bond motifs is 1. The van der Waals surface area contributed by atoms with E-state index in [0.29, 0.717) is 0 Å². The van der Waals surface area contributed by atoms with Crippen LogP contribution in [0.5, 0.6) is 0 Å². The van der Waals surface area contributed by atoms with E-state index < -0.39 is 0 Å². The number of aromatic nitrogens is 1. The molecule has 2 aliphatic heterocycles. The fraction of sp³-hybridized carbons (Fsp3) is 0.333. The van der Waals surface area contributed by atoms with Crippen molar-refractivity contribution < 1.29 is 9.53 Å². The molecule has 5 heteroatoms. The molecule has 2 fully saturated rings. The van der Waals surface area contributed by atoms with Gasteiger partial charge in [-0.05, 0) is 43.5 Å². The summed E-state index contributed by atoms with van der Waals surface area (Å²) in [6, 6.07) is 16.0. The van der Waals surface area contributed by atoms with Crippen molar-refractivity contribution in [3.05, 3.63) is 54.1 Å². The summed E-state index contributed by atoms with van der Waals surface area (Å²) in [4.78, 5) is 19.4. The zero-order valence-corrected chi connectivity index (χ0v) is 15.3. The molecular weight excluding hydrogens is 344 g/mol. The van der Waals surface area contributed by atoms with E-state index in [0.717, 1.165) is 60.6 Å². The maximum Gasteiger partial charge on any atom is 0.253 e. The number of piperidine rings is 1. The lowest BCUT2D eigenvalue weighted by Gasteiger charge is -2.47. The van der Waals surface area contributed by atoms with Crippen LogP contribution in [0.4, 0.5) is 0 Å². The van der Waals surface area contributed by atoms with Crippen LogP contribution in [0.15, 0.2) is 48.5 Å². The molecule has 1 aromatic heterocycles. The van der Waals surface area contributed by atoms with Crippen molar-refractivity contribution in [2.24, 2.45) is 0 Å². The van der Waals surface area contributed by atoms with Gasteiger partial charge in [-0.25, -0.2) is 4.98 Å². The lowest BCUT2D eigenvalue weighted by Crippen LogP contribution is -2.53. The Hall–Kier alpha value is -2.24. The number of ether oxygens (including phenoxy) is 1. The van der Waals surface area contributed by atoms with E-state index in [4.69, 9.17) is 4.74 Å². The van der Waals surface area contributed by atoms with E-state index in [1.165, 1.54) is 4.70 Å². The molecular formula is C21H20N2O2S. The number of para-hydroxylation sites is 1. The molecule has 1 spiro atoms. The predicted molar refractivity (Wildman–Crippen MR) is 103 cm³/mol. The minimum Gasteiger partial charge on any atom is -0.375 e. The van der Waals surface area contributed by atoms with Crippen LogP contribution >= 0.6 is 11.3 Å². The molecule has 0 aliphatic carbocycles. The van der Waals surface area contributed by atoms with E-state index >= 15 is 0 Å².